The molecular weight excluding hydrogens is 498 g/mol. The van der Waals surface area contributed by atoms with Crippen molar-refractivity contribution in [2.75, 3.05) is 16.3 Å². The van der Waals surface area contributed by atoms with Crippen LogP contribution >= 0.6 is 0 Å². The topological polar surface area (TPSA) is 53.5 Å². The number of amides is 2. The van der Waals surface area contributed by atoms with Crippen LogP contribution < -0.4 is 9.80 Å². The Morgan fingerprint density at radius 1 is 0.868 bits per heavy atom. The van der Waals surface area contributed by atoms with E-state index in [0.717, 1.165) is 17.0 Å². The Balaban J connectivity index is 1.74. The average molecular weight is 519 g/mol. The van der Waals surface area contributed by atoms with Gasteiger partial charge in [-0.25, -0.2) is 4.39 Å². The van der Waals surface area contributed by atoms with Crippen LogP contribution in [-0.2, 0) is 15.8 Å². The van der Waals surface area contributed by atoms with E-state index in [-0.39, 0.29) is 29.0 Å². The number of carbonyl (C=O) groups is 2. The minimum absolute atomic E-state index is 0.0664. The van der Waals surface area contributed by atoms with Crippen LogP contribution in [-0.4, -0.2) is 23.3 Å². The van der Waals surface area contributed by atoms with Crippen molar-refractivity contribution in [3.63, 3.8) is 0 Å². The summed E-state index contributed by atoms with van der Waals surface area (Å²) in [5, 5.41) is 0. The molecule has 0 saturated heterocycles. The quantitative estimate of drug-likeness (QED) is 0.222. The zero-order chi connectivity index (χ0) is 27.0. The number of pyridine rings is 1. The molecule has 4 aromatic rings. The summed E-state index contributed by atoms with van der Waals surface area (Å²) in [6.45, 7) is 1.77. The Hall–Kier alpha value is -4.53. The maximum Gasteiger partial charge on any atom is 0.416 e. The third-order valence-electron chi connectivity index (χ3n) is 6.44. The molecule has 2 heterocycles. The number of halogens is 4. The molecule has 0 saturated carbocycles. The van der Waals surface area contributed by atoms with Crippen LogP contribution in [0.3, 0.4) is 0 Å². The third kappa shape index (κ3) is 4.40. The zero-order valence-corrected chi connectivity index (χ0v) is 20.1. The Kier molecular flexibility index (Phi) is 6.44. The lowest BCUT2D eigenvalue weighted by Crippen LogP contribution is -2.39. The molecule has 192 valence electrons. The molecular formula is C29H21F4N3O2. The Morgan fingerprint density at radius 2 is 1.63 bits per heavy atom. The number of aromatic nitrogens is 1. The number of likely N-dealkylation sites (N-methyl/N-ethyl adjacent to an activating group) is 1. The molecule has 0 fully saturated rings. The first-order chi connectivity index (χ1) is 18.2. The molecule has 1 aromatic heterocycles. The Morgan fingerprint density at radius 3 is 2.29 bits per heavy atom. The van der Waals surface area contributed by atoms with E-state index >= 15 is 0 Å². The number of hydrogen-bond donors (Lipinski definition) is 0. The van der Waals surface area contributed by atoms with Crippen molar-refractivity contribution >= 4 is 28.9 Å². The first kappa shape index (κ1) is 25.1. The van der Waals surface area contributed by atoms with Crippen LogP contribution in [0.1, 0.15) is 24.0 Å². The van der Waals surface area contributed by atoms with E-state index in [1.807, 2.05) is 0 Å². The minimum atomic E-state index is -4.66. The van der Waals surface area contributed by atoms with Crippen molar-refractivity contribution in [3.05, 3.63) is 108 Å². The predicted octanol–water partition coefficient (Wildman–Crippen LogP) is 6.72. The Bertz CT molecular complexity index is 1510. The van der Waals surface area contributed by atoms with Crippen molar-refractivity contribution in [2.24, 2.45) is 0 Å². The lowest BCUT2D eigenvalue weighted by Gasteiger charge is -2.26. The first-order valence-electron chi connectivity index (χ1n) is 11.8. The van der Waals surface area contributed by atoms with Gasteiger partial charge in [-0.15, -0.1) is 0 Å². The smallest absolute Gasteiger partial charge is 0.310 e. The van der Waals surface area contributed by atoms with E-state index in [9.17, 15) is 27.2 Å². The monoisotopic (exact) mass is 519 g/mol. The molecule has 0 N–H and O–H groups in total. The summed E-state index contributed by atoms with van der Waals surface area (Å²) in [4.78, 5) is 34.5. The number of benzene rings is 3. The molecule has 9 heteroatoms. The molecule has 38 heavy (non-hydrogen) atoms. The largest absolute Gasteiger partial charge is 0.416 e. The van der Waals surface area contributed by atoms with Crippen molar-refractivity contribution in [1.29, 1.82) is 0 Å². The number of para-hydroxylation sites is 1. The first-order valence-corrected chi connectivity index (χ1v) is 11.8. The van der Waals surface area contributed by atoms with Crippen LogP contribution in [0.15, 0.2) is 91.3 Å². The van der Waals surface area contributed by atoms with Crippen molar-refractivity contribution in [3.8, 4) is 11.1 Å². The molecule has 0 bridgehead atoms. The van der Waals surface area contributed by atoms with E-state index in [2.05, 4.69) is 4.98 Å². The summed E-state index contributed by atoms with van der Waals surface area (Å²) in [7, 11) is 0. The van der Waals surface area contributed by atoms with Crippen molar-refractivity contribution in [1.82, 2.24) is 4.98 Å². The van der Waals surface area contributed by atoms with Gasteiger partial charge in [0.15, 0.2) is 0 Å². The van der Waals surface area contributed by atoms with Crippen LogP contribution in [0.4, 0.5) is 34.6 Å². The van der Waals surface area contributed by atoms with E-state index in [1.54, 1.807) is 49.4 Å². The normalized spacial score (nSPS) is 15.9. The molecule has 0 spiro atoms. The van der Waals surface area contributed by atoms with Gasteiger partial charge in [-0.05, 0) is 61.0 Å². The summed E-state index contributed by atoms with van der Waals surface area (Å²) < 4.78 is 55.9. The van der Waals surface area contributed by atoms with Gasteiger partial charge in [-0.2, -0.15) is 13.2 Å². The second-order valence-electron chi connectivity index (χ2n) is 8.71. The standard InChI is InChI=1S/C29H21F4N3O2/c1-2-35-24-13-11-20(29(31,32)33)16-25(24)36(21-8-4-3-5-9-21)28(38)26(27(35)37)18-10-12-23(30)22(15-18)19-7-6-14-34-17-19/h3-17,26H,2H2,1H3. The van der Waals surface area contributed by atoms with Gasteiger partial charge in [0.25, 0.3) is 0 Å². The van der Waals surface area contributed by atoms with E-state index in [1.165, 1.54) is 41.6 Å². The molecule has 5 rings (SSSR count). The van der Waals surface area contributed by atoms with Crippen LogP contribution in [0.5, 0.6) is 0 Å². The van der Waals surface area contributed by atoms with Crippen LogP contribution in [0.25, 0.3) is 11.1 Å². The molecule has 0 radical (unpaired) electrons. The second kappa shape index (κ2) is 9.74. The minimum Gasteiger partial charge on any atom is -0.310 e. The Labute approximate surface area is 216 Å². The number of anilines is 3. The maximum atomic E-state index is 14.8. The SMILES string of the molecule is CCN1C(=O)C(c2ccc(F)c(-c3cccnc3)c2)C(=O)N(c2ccccc2)c2cc(C(F)(F)F)ccc21. The summed E-state index contributed by atoms with van der Waals surface area (Å²) >= 11 is 0. The second-order valence-corrected chi connectivity index (χ2v) is 8.71. The summed E-state index contributed by atoms with van der Waals surface area (Å²) in [6.07, 6.45) is -1.67. The number of hydrogen-bond acceptors (Lipinski definition) is 3. The zero-order valence-electron chi connectivity index (χ0n) is 20.1. The van der Waals surface area contributed by atoms with Gasteiger partial charge in [0.2, 0.25) is 11.8 Å². The molecule has 1 aliphatic heterocycles. The number of nitrogens with zero attached hydrogens (tertiary/aromatic N) is 3. The number of carbonyl (C=O) groups excluding carboxylic acids is 2. The maximum absolute atomic E-state index is 14.8. The molecule has 0 aliphatic carbocycles. The molecule has 1 aliphatic rings. The van der Waals surface area contributed by atoms with Gasteiger partial charge in [0, 0.05) is 35.8 Å². The van der Waals surface area contributed by atoms with Crippen molar-refractivity contribution in [2.45, 2.75) is 19.0 Å². The van der Waals surface area contributed by atoms with Gasteiger partial charge >= 0.3 is 6.18 Å². The van der Waals surface area contributed by atoms with Crippen LogP contribution in [0, 0.1) is 5.82 Å². The predicted molar refractivity (Wildman–Crippen MR) is 135 cm³/mol. The van der Waals surface area contributed by atoms with Gasteiger partial charge < -0.3 is 4.90 Å². The highest BCUT2D eigenvalue weighted by Crippen LogP contribution is 2.44. The molecule has 5 nitrogen and oxygen atoms in total. The average Bonchev–Trinajstić information content (AvgIpc) is 3.00. The van der Waals surface area contributed by atoms with Gasteiger partial charge in [-0.3, -0.25) is 19.5 Å². The molecule has 3 aromatic carbocycles. The third-order valence-corrected chi connectivity index (χ3v) is 6.44. The van der Waals surface area contributed by atoms with Gasteiger partial charge in [0.1, 0.15) is 11.7 Å². The lowest BCUT2D eigenvalue weighted by atomic mass is 9.92. The number of rotatable bonds is 4. The number of fused-ring (bicyclic) bond motifs is 1. The lowest BCUT2D eigenvalue weighted by molar-refractivity contribution is -0.137. The molecule has 2 amide bonds. The van der Waals surface area contributed by atoms with Gasteiger partial charge in [0.05, 0.1) is 16.9 Å². The highest BCUT2D eigenvalue weighted by atomic mass is 19.4. The number of alkyl halides is 3. The molecule has 1 unspecified atom stereocenters. The fourth-order valence-corrected chi connectivity index (χ4v) is 4.66. The van der Waals surface area contributed by atoms with Crippen LogP contribution in [0.2, 0.25) is 0 Å². The van der Waals surface area contributed by atoms with Gasteiger partial charge in [-0.1, -0.05) is 30.3 Å². The van der Waals surface area contributed by atoms with Crippen molar-refractivity contribution < 1.29 is 27.2 Å². The highest BCUT2D eigenvalue weighted by Gasteiger charge is 2.43. The van der Waals surface area contributed by atoms with E-state index in [4.69, 9.17) is 0 Å². The summed E-state index contributed by atoms with van der Waals surface area (Å²) in [6, 6.07) is 18.4. The highest BCUT2D eigenvalue weighted by molar-refractivity contribution is 6.23. The molecule has 1 atom stereocenters. The fraction of sp³-hybridized carbons (Fsp3) is 0.138. The van der Waals surface area contributed by atoms with E-state index < -0.39 is 35.3 Å². The summed E-state index contributed by atoms with van der Waals surface area (Å²) in [5.74, 6) is -3.38. The fourth-order valence-electron chi connectivity index (χ4n) is 4.66. The summed E-state index contributed by atoms with van der Waals surface area (Å²) in [5.41, 5.74) is 0.250. The van der Waals surface area contributed by atoms with E-state index in [0.29, 0.717) is 11.3 Å².